The van der Waals surface area contributed by atoms with Crippen molar-refractivity contribution in [3.05, 3.63) is 33.8 Å². The van der Waals surface area contributed by atoms with Crippen molar-refractivity contribution in [1.29, 1.82) is 0 Å². The van der Waals surface area contributed by atoms with Gasteiger partial charge in [0.25, 0.3) is 0 Å². The first-order chi connectivity index (χ1) is 6.06. The molecule has 0 radical (unpaired) electrons. The van der Waals surface area contributed by atoms with E-state index in [-0.39, 0.29) is 10.0 Å². The minimum absolute atomic E-state index is 0.122. The molecule has 0 aliphatic heterocycles. The second kappa shape index (κ2) is 4.15. The Morgan fingerprint density at radius 3 is 2.54 bits per heavy atom. The van der Waals surface area contributed by atoms with Crippen LogP contribution in [0.5, 0.6) is 0 Å². The van der Waals surface area contributed by atoms with Crippen LogP contribution in [0.4, 0.5) is 8.78 Å². The van der Waals surface area contributed by atoms with Crippen LogP contribution in [-0.4, -0.2) is 0 Å². The molecule has 0 saturated carbocycles. The summed E-state index contributed by atoms with van der Waals surface area (Å²) in [6.45, 7) is 1.82. The molecule has 4 heteroatoms. The minimum atomic E-state index is -0.486. The van der Waals surface area contributed by atoms with Crippen LogP contribution in [0.1, 0.15) is 24.9 Å². The Morgan fingerprint density at radius 1 is 1.38 bits per heavy atom. The molecule has 0 aromatic heterocycles. The van der Waals surface area contributed by atoms with E-state index in [0.29, 0.717) is 6.42 Å². The second-order valence-electron chi connectivity index (χ2n) is 2.80. The highest BCUT2D eigenvalue weighted by atomic mass is 79.9. The van der Waals surface area contributed by atoms with Crippen molar-refractivity contribution in [3.8, 4) is 0 Å². The van der Waals surface area contributed by atoms with E-state index in [2.05, 4.69) is 15.9 Å². The molecule has 1 rings (SSSR count). The van der Waals surface area contributed by atoms with Crippen LogP contribution in [0.15, 0.2) is 16.6 Å². The van der Waals surface area contributed by atoms with Gasteiger partial charge in [0.1, 0.15) is 11.6 Å². The van der Waals surface area contributed by atoms with Crippen LogP contribution in [0.25, 0.3) is 0 Å². The van der Waals surface area contributed by atoms with Gasteiger partial charge in [0.2, 0.25) is 0 Å². The lowest BCUT2D eigenvalue weighted by atomic mass is 10.1. The van der Waals surface area contributed by atoms with E-state index in [1.54, 1.807) is 0 Å². The van der Waals surface area contributed by atoms with Gasteiger partial charge in [0, 0.05) is 11.6 Å². The van der Waals surface area contributed by atoms with Crippen LogP contribution < -0.4 is 5.73 Å². The number of hydrogen-bond acceptors (Lipinski definition) is 1. The fraction of sp³-hybridized carbons (Fsp3) is 0.333. The summed E-state index contributed by atoms with van der Waals surface area (Å²) in [5.74, 6) is -0.956. The van der Waals surface area contributed by atoms with E-state index >= 15 is 0 Å². The van der Waals surface area contributed by atoms with Gasteiger partial charge in [-0.05, 0) is 34.5 Å². The zero-order chi connectivity index (χ0) is 10.0. The van der Waals surface area contributed by atoms with Gasteiger partial charge in [-0.2, -0.15) is 0 Å². The molecule has 1 aromatic carbocycles. The molecule has 0 saturated heterocycles. The predicted molar refractivity (Wildman–Crippen MR) is 51.3 cm³/mol. The average molecular weight is 250 g/mol. The van der Waals surface area contributed by atoms with Gasteiger partial charge in [-0.15, -0.1) is 0 Å². The maximum absolute atomic E-state index is 13.2. The van der Waals surface area contributed by atoms with Crippen molar-refractivity contribution in [1.82, 2.24) is 0 Å². The van der Waals surface area contributed by atoms with Crippen molar-refractivity contribution in [3.63, 3.8) is 0 Å². The van der Waals surface area contributed by atoms with Gasteiger partial charge >= 0.3 is 0 Å². The Hall–Kier alpha value is -0.480. The maximum atomic E-state index is 13.2. The van der Waals surface area contributed by atoms with Gasteiger partial charge in [-0.1, -0.05) is 6.92 Å². The molecule has 1 aromatic rings. The third-order valence-corrected chi connectivity index (χ3v) is 2.49. The Kier molecular flexibility index (Phi) is 3.39. The lowest BCUT2D eigenvalue weighted by Crippen LogP contribution is -2.11. The van der Waals surface area contributed by atoms with E-state index in [1.807, 2.05) is 6.92 Å². The summed E-state index contributed by atoms with van der Waals surface area (Å²) >= 11 is 2.90. The largest absolute Gasteiger partial charge is 0.324 e. The standard InChI is InChI=1S/C9H10BrF2N/c1-2-9(13)5-3-8(12)6(10)4-7(5)11/h3-4,9H,2,13H2,1H3/t9-/m1/s1. The molecule has 0 aliphatic carbocycles. The first-order valence-corrected chi connectivity index (χ1v) is 4.75. The van der Waals surface area contributed by atoms with Crippen LogP contribution >= 0.6 is 15.9 Å². The molecule has 13 heavy (non-hydrogen) atoms. The Morgan fingerprint density at radius 2 is 2.00 bits per heavy atom. The van der Waals surface area contributed by atoms with Crippen molar-refractivity contribution >= 4 is 15.9 Å². The second-order valence-corrected chi connectivity index (χ2v) is 3.66. The molecule has 0 unspecified atom stereocenters. The Bertz CT molecular complexity index is 315. The lowest BCUT2D eigenvalue weighted by molar-refractivity contribution is 0.554. The SMILES string of the molecule is CC[C@@H](N)c1cc(F)c(Br)cc1F. The summed E-state index contributed by atoms with van der Waals surface area (Å²) in [6, 6.07) is 1.79. The summed E-state index contributed by atoms with van der Waals surface area (Å²) in [5, 5.41) is 0. The number of halogens is 3. The zero-order valence-electron chi connectivity index (χ0n) is 7.15. The highest BCUT2D eigenvalue weighted by molar-refractivity contribution is 9.10. The third kappa shape index (κ3) is 2.25. The molecule has 0 spiro atoms. The highest BCUT2D eigenvalue weighted by Gasteiger charge is 2.12. The van der Waals surface area contributed by atoms with E-state index in [4.69, 9.17) is 5.73 Å². The van der Waals surface area contributed by atoms with Crippen molar-refractivity contribution in [2.75, 3.05) is 0 Å². The molecule has 1 nitrogen and oxygen atoms in total. The van der Waals surface area contributed by atoms with Gasteiger partial charge in [-0.25, -0.2) is 8.78 Å². The number of rotatable bonds is 2. The van der Waals surface area contributed by atoms with Gasteiger partial charge in [0.05, 0.1) is 4.47 Å². The van der Waals surface area contributed by atoms with Crippen LogP contribution in [-0.2, 0) is 0 Å². The summed E-state index contributed by atoms with van der Waals surface area (Å²) in [6.07, 6.45) is 0.581. The highest BCUT2D eigenvalue weighted by Crippen LogP contribution is 2.24. The smallest absolute Gasteiger partial charge is 0.137 e. The molecule has 0 fully saturated rings. The van der Waals surface area contributed by atoms with Crippen LogP contribution in [0.2, 0.25) is 0 Å². The molecule has 0 amide bonds. The third-order valence-electron chi connectivity index (χ3n) is 1.88. The normalized spacial score (nSPS) is 13.0. The van der Waals surface area contributed by atoms with Crippen molar-refractivity contribution in [2.45, 2.75) is 19.4 Å². The maximum Gasteiger partial charge on any atom is 0.137 e. The predicted octanol–water partition coefficient (Wildman–Crippen LogP) is 3.14. The lowest BCUT2D eigenvalue weighted by Gasteiger charge is -2.10. The first kappa shape index (κ1) is 10.6. The van der Waals surface area contributed by atoms with Gasteiger partial charge in [-0.3, -0.25) is 0 Å². The molecular formula is C9H10BrF2N. The summed E-state index contributed by atoms with van der Waals surface area (Å²) in [7, 11) is 0. The average Bonchev–Trinajstić information content (AvgIpc) is 2.10. The van der Waals surface area contributed by atoms with Crippen LogP contribution in [0, 0.1) is 11.6 Å². The quantitative estimate of drug-likeness (QED) is 0.801. The minimum Gasteiger partial charge on any atom is -0.324 e. The van der Waals surface area contributed by atoms with E-state index < -0.39 is 17.7 Å². The molecule has 0 heterocycles. The molecule has 1 atom stereocenters. The Labute approximate surface area is 84.1 Å². The van der Waals surface area contributed by atoms with Gasteiger partial charge in [0.15, 0.2) is 0 Å². The first-order valence-electron chi connectivity index (χ1n) is 3.96. The molecule has 0 aliphatic rings. The molecule has 2 N–H and O–H groups in total. The molecule has 72 valence electrons. The van der Waals surface area contributed by atoms with E-state index in [1.165, 1.54) is 0 Å². The zero-order valence-corrected chi connectivity index (χ0v) is 8.74. The summed E-state index contributed by atoms with van der Waals surface area (Å²) < 4.78 is 26.3. The van der Waals surface area contributed by atoms with Crippen LogP contribution in [0.3, 0.4) is 0 Å². The fourth-order valence-electron chi connectivity index (χ4n) is 1.04. The summed E-state index contributed by atoms with van der Waals surface area (Å²) in [4.78, 5) is 0. The van der Waals surface area contributed by atoms with E-state index in [9.17, 15) is 8.78 Å². The number of benzene rings is 1. The Balaban J connectivity index is 3.15. The summed E-state index contributed by atoms with van der Waals surface area (Å²) in [5.41, 5.74) is 5.82. The number of nitrogens with two attached hydrogens (primary N) is 1. The fourth-order valence-corrected chi connectivity index (χ4v) is 1.36. The van der Waals surface area contributed by atoms with Gasteiger partial charge < -0.3 is 5.73 Å². The topological polar surface area (TPSA) is 26.0 Å². The molecule has 0 bridgehead atoms. The molecular weight excluding hydrogens is 240 g/mol. The number of hydrogen-bond donors (Lipinski definition) is 1. The monoisotopic (exact) mass is 249 g/mol. The van der Waals surface area contributed by atoms with Crippen molar-refractivity contribution in [2.24, 2.45) is 5.73 Å². The van der Waals surface area contributed by atoms with Crippen molar-refractivity contribution < 1.29 is 8.78 Å². The van der Waals surface area contributed by atoms with E-state index in [0.717, 1.165) is 12.1 Å².